The molecule has 7 nitrogen and oxygen atoms in total. The molecule has 2 N–H and O–H groups in total. The molecule has 1 aliphatic carbocycles. The van der Waals surface area contributed by atoms with Gasteiger partial charge in [-0.1, -0.05) is 73.9 Å². The van der Waals surface area contributed by atoms with Gasteiger partial charge in [-0.05, 0) is 30.0 Å². The molecule has 2 aromatic rings. The molecule has 216 valence electrons. The molecule has 2 aromatic carbocycles. The maximum Gasteiger partial charge on any atom is 0.416 e. The molecule has 3 aliphatic rings. The average molecular weight is 567 g/mol. The summed E-state index contributed by atoms with van der Waals surface area (Å²) in [5.74, 6) is -0.883. The molecule has 0 aromatic heterocycles. The van der Waals surface area contributed by atoms with Gasteiger partial charge in [0.15, 0.2) is 0 Å². The number of hydrogen-bond donors (Lipinski definition) is 2. The van der Waals surface area contributed by atoms with Crippen LogP contribution in [0.2, 0.25) is 0 Å². The summed E-state index contributed by atoms with van der Waals surface area (Å²) >= 11 is 0. The Morgan fingerprint density at radius 2 is 1.73 bits per heavy atom. The van der Waals surface area contributed by atoms with Crippen molar-refractivity contribution in [2.24, 2.45) is 0 Å². The van der Waals surface area contributed by atoms with Gasteiger partial charge in [-0.2, -0.15) is 13.2 Å². The van der Waals surface area contributed by atoms with Gasteiger partial charge in [-0.25, -0.2) is 4.79 Å². The first-order chi connectivity index (χ1) is 19.7. The van der Waals surface area contributed by atoms with E-state index in [9.17, 15) is 27.6 Å². The molecule has 41 heavy (non-hydrogen) atoms. The standard InChI is InChI=1S/C31H33F3N4O3/c1-2-17-37-25-19-38(24(18-20-11-5-3-6-12-20)28(39)35-21-13-7-4-8-14-21)29(40)26(25)27(36-30(37)41)22-15-9-10-16-23(22)31(32,33)34/h2-3,5-6,9-12,15-16,21,24,27H,1,4,7-8,13-14,17-19H2,(H,35,39)(H,36,41). The number of benzene rings is 2. The molecule has 10 heteroatoms. The average Bonchev–Trinajstić information content (AvgIpc) is 3.30. The van der Waals surface area contributed by atoms with Gasteiger partial charge in [0.1, 0.15) is 6.04 Å². The molecule has 2 heterocycles. The molecule has 0 bridgehead atoms. The Bertz CT molecular complexity index is 1350. The van der Waals surface area contributed by atoms with Gasteiger partial charge in [-0.15, -0.1) is 6.58 Å². The van der Waals surface area contributed by atoms with E-state index in [-0.39, 0.29) is 48.3 Å². The van der Waals surface area contributed by atoms with Crippen LogP contribution in [0.15, 0.2) is 78.5 Å². The van der Waals surface area contributed by atoms with Crippen molar-refractivity contribution in [1.29, 1.82) is 0 Å². The first-order valence-electron chi connectivity index (χ1n) is 13.9. The van der Waals surface area contributed by atoms with Crippen LogP contribution in [-0.4, -0.2) is 52.8 Å². The Kier molecular flexibility index (Phi) is 8.19. The van der Waals surface area contributed by atoms with Gasteiger partial charge in [0.2, 0.25) is 5.91 Å². The second-order valence-corrected chi connectivity index (χ2v) is 10.7. The van der Waals surface area contributed by atoms with Gasteiger partial charge in [0.05, 0.1) is 29.4 Å². The van der Waals surface area contributed by atoms with Crippen LogP contribution in [0.1, 0.15) is 54.8 Å². The van der Waals surface area contributed by atoms with Crippen LogP contribution in [0, 0.1) is 0 Å². The van der Waals surface area contributed by atoms with E-state index in [4.69, 9.17) is 0 Å². The second-order valence-electron chi connectivity index (χ2n) is 10.7. The summed E-state index contributed by atoms with van der Waals surface area (Å²) in [5.41, 5.74) is -0.00191. The van der Waals surface area contributed by atoms with E-state index >= 15 is 0 Å². The van der Waals surface area contributed by atoms with Gasteiger partial charge in [-0.3, -0.25) is 14.5 Å². The summed E-state index contributed by atoms with van der Waals surface area (Å²) in [6.45, 7) is 3.66. The smallest absolute Gasteiger partial charge is 0.352 e. The van der Waals surface area contributed by atoms with Crippen LogP contribution >= 0.6 is 0 Å². The first-order valence-corrected chi connectivity index (χ1v) is 13.9. The minimum absolute atomic E-state index is 0.00160. The number of urea groups is 1. The number of alkyl halides is 3. The van der Waals surface area contributed by atoms with Crippen molar-refractivity contribution < 1.29 is 27.6 Å². The zero-order chi connectivity index (χ0) is 29.1. The third-order valence-corrected chi connectivity index (χ3v) is 8.04. The molecule has 4 amide bonds. The fraction of sp³-hybridized carbons (Fsp3) is 0.387. The van der Waals surface area contributed by atoms with E-state index in [1.807, 2.05) is 30.3 Å². The fourth-order valence-corrected chi connectivity index (χ4v) is 6.05. The van der Waals surface area contributed by atoms with Gasteiger partial charge in [0, 0.05) is 19.0 Å². The summed E-state index contributed by atoms with van der Waals surface area (Å²) in [5, 5.41) is 5.74. The number of nitrogens with one attached hydrogen (secondary N) is 2. The molecule has 1 fully saturated rings. The summed E-state index contributed by atoms with van der Waals surface area (Å²) in [6.07, 6.45) is 1.85. The molecular weight excluding hydrogens is 533 g/mol. The summed E-state index contributed by atoms with van der Waals surface area (Å²) in [6, 6.07) is 11.3. The van der Waals surface area contributed by atoms with Crippen molar-refractivity contribution >= 4 is 17.8 Å². The van der Waals surface area contributed by atoms with Crippen molar-refractivity contribution in [1.82, 2.24) is 20.4 Å². The molecule has 1 saturated carbocycles. The van der Waals surface area contributed by atoms with E-state index in [1.165, 1.54) is 34.1 Å². The lowest BCUT2D eigenvalue weighted by atomic mass is 9.91. The Morgan fingerprint density at radius 3 is 2.41 bits per heavy atom. The first kappa shape index (κ1) is 28.4. The molecular formula is C31H33F3N4O3. The van der Waals surface area contributed by atoms with E-state index in [0.29, 0.717) is 0 Å². The zero-order valence-electron chi connectivity index (χ0n) is 22.6. The Labute approximate surface area is 237 Å². The molecule has 0 spiro atoms. The predicted molar refractivity (Wildman–Crippen MR) is 147 cm³/mol. The Morgan fingerprint density at radius 1 is 1.05 bits per heavy atom. The maximum atomic E-state index is 14.2. The Hall–Kier alpha value is -4.08. The van der Waals surface area contributed by atoms with Crippen molar-refractivity contribution in [3.63, 3.8) is 0 Å². The number of nitrogens with zero attached hydrogens (tertiary/aromatic N) is 2. The molecule has 0 radical (unpaired) electrons. The molecule has 5 rings (SSSR count). The molecule has 2 atom stereocenters. The van der Waals surface area contributed by atoms with E-state index in [2.05, 4.69) is 17.2 Å². The van der Waals surface area contributed by atoms with Gasteiger partial charge < -0.3 is 15.5 Å². The lowest BCUT2D eigenvalue weighted by Crippen LogP contribution is -2.52. The largest absolute Gasteiger partial charge is 0.416 e. The molecule has 0 saturated heterocycles. The number of amides is 4. The number of rotatable bonds is 8. The summed E-state index contributed by atoms with van der Waals surface area (Å²) in [4.78, 5) is 43.8. The highest BCUT2D eigenvalue weighted by molar-refractivity contribution is 6.03. The zero-order valence-corrected chi connectivity index (χ0v) is 22.6. The van der Waals surface area contributed by atoms with Crippen LogP contribution in [-0.2, 0) is 22.2 Å². The van der Waals surface area contributed by atoms with E-state index in [0.717, 1.165) is 43.7 Å². The number of halogens is 3. The monoisotopic (exact) mass is 566 g/mol. The second kappa shape index (κ2) is 11.8. The van der Waals surface area contributed by atoms with Gasteiger partial charge in [0.25, 0.3) is 5.91 Å². The number of carbonyl (C=O) groups is 3. The highest BCUT2D eigenvalue weighted by Crippen LogP contribution is 2.42. The Balaban J connectivity index is 1.54. The van der Waals surface area contributed by atoms with Crippen LogP contribution < -0.4 is 10.6 Å². The maximum absolute atomic E-state index is 14.2. The third-order valence-electron chi connectivity index (χ3n) is 8.04. The van der Waals surface area contributed by atoms with Gasteiger partial charge >= 0.3 is 12.2 Å². The van der Waals surface area contributed by atoms with Crippen molar-refractivity contribution in [2.45, 2.75) is 62.8 Å². The molecule has 2 aliphatic heterocycles. The van der Waals surface area contributed by atoms with Crippen LogP contribution in [0.25, 0.3) is 0 Å². The van der Waals surface area contributed by atoms with Crippen LogP contribution in [0.4, 0.5) is 18.0 Å². The topological polar surface area (TPSA) is 81.8 Å². The lowest BCUT2D eigenvalue weighted by molar-refractivity contribution is -0.138. The van der Waals surface area contributed by atoms with Crippen LogP contribution in [0.5, 0.6) is 0 Å². The van der Waals surface area contributed by atoms with E-state index in [1.54, 1.807) is 0 Å². The normalized spacial score (nSPS) is 20.5. The minimum atomic E-state index is -4.70. The van der Waals surface area contributed by atoms with Crippen LogP contribution in [0.3, 0.4) is 0 Å². The lowest BCUT2D eigenvalue weighted by Gasteiger charge is -2.33. The molecule has 2 unspecified atom stereocenters. The number of carbonyl (C=O) groups excluding carboxylic acids is 3. The van der Waals surface area contributed by atoms with Crippen molar-refractivity contribution in [3.8, 4) is 0 Å². The van der Waals surface area contributed by atoms with E-state index < -0.39 is 35.8 Å². The van der Waals surface area contributed by atoms with Crippen molar-refractivity contribution in [3.05, 3.63) is 95.2 Å². The third kappa shape index (κ3) is 5.87. The quantitative estimate of drug-likeness (QED) is 0.436. The SMILES string of the molecule is C=CCN1C(=O)NC(c2ccccc2C(F)(F)F)C2=C1CN(C(Cc1ccccc1)C(=O)NC1CCCCC1)C2=O. The summed E-state index contributed by atoms with van der Waals surface area (Å²) < 4.78 is 42.0. The fourth-order valence-electron chi connectivity index (χ4n) is 6.05. The highest BCUT2D eigenvalue weighted by Gasteiger charge is 2.48. The predicted octanol–water partition coefficient (Wildman–Crippen LogP) is 5.11. The highest BCUT2D eigenvalue weighted by atomic mass is 19.4. The number of hydrogen-bond acceptors (Lipinski definition) is 3. The minimum Gasteiger partial charge on any atom is -0.352 e. The summed E-state index contributed by atoms with van der Waals surface area (Å²) in [7, 11) is 0. The van der Waals surface area contributed by atoms with Crippen molar-refractivity contribution in [2.75, 3.05) is 13.1 Å².